The van der Waals surface area contributed by atoms with E-state index in [1.165, 1.54) is 6.92 Å². The SMILES string of the molecule is Cc1c(C(=O)Nc2ccc3ccccc3n2)cnn1CC(F)(F)F. The van der Waals surface area contributed by atoms with Gasteiger partial charge in [0.05, 0.1) is 17.3 Å². The maximum atomic E-state index is 12.5. The predicted octanol–water partition coefficient (Wildman–Crippen LogP) is 3.55. The second kappa shape index (κ2) is 5.95. The number of carbonyl (C=O) groups excluding carboxylic acids is 1. The fourth-order valence-electron chi connectivity index (χ4n) is 2.32. The number of amides is 1. The minimum Gasteiger partial charge on any atom is -0.306 e. The van der Waals surface area contributed by atoms with Gasteiger partial charge in [-0.15, -0.1) is 0 Å². The fraction of sp³-hybridized carbons (Fsp3) is 0.188. The Morgan fingerprint density at radius 2 is 1.96 bits per heavy atom. The van der Waals surface area contributed by atoms with Crippen LogP contribution in [-0.2, 0) is 6.54 Å². The Labute approximate surface area is 135 Å². The lowest BCUT2D eigenvalue weighted by Gasteiger charge is -2.09. The van der Waals surface area contributed by atoms with Gasteiger partial charge in [0.25, 0.3) is 5.91 Å². The molecule has 24 heavy (non-hydrogen) atoms. The van der Waals surface area contributed by atoms with Gasteiger partial charge < -0.3 is 5.32 Å². The Morgan fingerprint density at radius 1 is 1.21 bits per heavy atom. The van der Waals surface area contributed by atoms with E-state index in [2.05, 4.69) is 15.4 Å². The number of nitrogens with one attached hydrogen (secondary N) is 1. The molecule has 0 aliphatic heterocycles. The number of pyridine rings is 1. The molecule has 5 nitrogen and oxygen atoms in total. The largest absolute Gasteiger partial charge is 0.408 e. The summed E-state index contributed by atoms with van der Waals surface area (Å²) in [6.45, 7) is 0.182. The fourth-order valence-corrected chi connectivity index (χ4v) is 2.32. The molecule has 0 unspecified atom stereocenters. The standard InChI is InChI=1S/C16H13F3N4O/c1-10-12(8-20-23(10)9-16(17,18)19)15(24)22-14-7-6-11-4-2-3-5-13(11)21-14/h2-8H,9H2,1H3,(H,21,22,24). The van der Waals surface area contributed by atoms with Gasteiger partial charge in [0, 0.05) is 11.1 Å². The average molecular weight is 334 g/mol. The molecule has 0 aliphatic rings. The van der Waals surface area contributed by atoms with Crippen LogP contribution >= 0.6 is 0 Å². The van der Waals surface area contributed by atoms with Gasteiger partial charge in [-0.25, -0.2) is 4.98 Å². The molecule has 0 aliphatic carbocycles. The van der Waals surface area contributed by atoms with Gasteiger partial charge in [0.2, 0.25) is 0 Å². The van der Waals surface area contributed by atoms with Gasteiger partial charge in [-0.1, -0.05) is 18.2 Å². The van der Waals surface area contributed by atoms with Gasteiger partial charge in [0.1, 0.15) is 12.4 Å². The molecule has 124 valence electrons. The van der Waals surface area contributed by atoms with Crippen molar-refractivity contribution in [2.45, 2.75) is 19.6 Å². The molecule has 1 aromatic carbocycles. The van der Waals surface area contributed by atoms with Gasteiger partial charge in [-0.2, -0.15) is 18.3 Å². The number of anilines is 1. The van der Waals surface area contributed by atoms with E-state index >= 15 is 0 Å². The van der Waals surface area contributed by atoms with Crippen LogP contribution in [0.15, 0.2) is 42.6 Å². The van der Waals surface area contributed by atoms with Crippen LogP contribution in [-0.4, -0.2) is 26.8 Å². The summed E-state index contributed by atoms with van der Waals surface area (Å²) in [7, 11) is 0. The zero-order valence-electron chi connectivity index (χ0n) is 12.6. The zero-order valence-corrected chi connectivity index (χ0v) is 12.6. The van der Waals surface area contributed by atoms with Crippen molar-refractivity contribution in [1.29, 1.82) is 0 Å². The Balaban J connectivity index is 1.81. The number of rotatable bonds is 3. The number of nitrogens with zero attached hydrogens (tertiary/aromatic N) is 3. The van der Waals surface area contributed by atoms with Crippen molar-refractivity contribution in [2.24, 2.45) is 0 Å². The Morgan fingerprint density at radius 3 is 2.71 bits per heavy atom. The van der Waals surface area contributed by atoms with Crippen LogP contribution in [0.2, 0.25) is 0 Å². The lowest BCUT2D eigenvalue weighted by Crippen LogP contribution is -2.20. The molecule has 0 saturated carbocycles. The molecule has 3 aromatic rings. The molecule has 2 heterocycles. The highest BCUT2D eigenvalue weighted by molar-refractivity contribution is 6.04. The lowest BCUT2D eigenvalue weighted by atomic mass is 10.2. The van der Waals surface area contributed by atoms with Crippen molar-refractivity contribution in [3.8, 4) is 0 Å². The van der Waals surface area contributed by atoms with Gasteiger partial charge >= 0.3 is 6.18 Å². The van der Waals surface area contributed by atoms with Crippen molar-refractivity contribution >= 4 is 22.6 Å². The van der Waals surface area contributed by atoms with Crippen molar-refractivity contribution in [3.63, 3.8) is 0 Å². The van der Waals surface area contributed by atoms with Crippen molar-refractivity contribution < 1.29 is 18.0 Å². The first-order chi connectivity index (χ1) is 11.3. The summed E-state index contributed by atoms with van der Waals surface area (Å²) in [5.41, 5.74) is 0.930. The summed E-state index contributed by atoms with van der Waals surface area (Å²) in [5, 5.41) is 7.13. The molecular formula is C16H13F3N4O. The normalized spacial score (nSPS) is 11.7. The van der Waals surface area contributed by atoms with Crippen molar-refractivity contribution in [2.75, 3.05) is 5.32 Å². The second-order valence-electron chi connectivity index (χ2n) is 5.26. The topological polar surface area (TPSA) is 59.8 Å². The maximum Gasteiger partial charge on any atom is 0.408 e. The van der Waals surface area contributed by atoms with Crippen molar-refractivity contribution in [3.05, 3.63) is 53.9 Å². The van der Waals surface area contributed by atoms with Crippen LogP contribution < -0.4 is 5.32 Å². The molecule has 3 rings (SSSR count). The third-order valence-electron chi connectivity index (χ3n) is 3.52. The maximum absolute atomic E-state index is 12.5. The molecule has 1 amide bonds. The summed E-state index contributed by atoms with van der Waals surface area (Å²) in [6, 6.07) is 10.8. The van der Waals surface area contributed by atoms with E-state index in [1.54, 1.807) is 18.2 Å². The zero-order chi connectivity index (χ0) is 17.3. The molecule has 0 spiro atoms. The molecule has 0 atom stereocenters. The van der Waals surface area contributed by atoms with Crippen LogP contribution in [0, 0.1) is 6.92 Å². The molecule has 8 heteroatoms. The van der Waals surface area contributed by atoms with Crippen LogP contribution in [0.5, 0.6) is 0 Å². The van der Waals surface area contributed by atoms with Crippen LogP contribution in [0.3, 0.4) is 0 Å². The number of aromatic nitrogens is 3. The summed E-state index contributed by atoms with van der Waals surface area (Å²) in [6.07, 6.45) is -3.28. The van der Waals surface area contributed by atoms with E-state index in [4.69, 9.17) is 0 Å². The van der Waals surface area contributed by atoms with Crippen LogP contribution in [0.4, 0.5) is 19.0 Å². The van der Waals surface area contributed by atoms with Gasteiger partial charge in [-0.3, -0.25) is 9.48 Å². The Hall–Kier alpha value is -2.90. The van der Waals surface area contributed by atoms with Gasteiger partial charge in [-0.05, 0) is 25.1 Å². The van der Waals surface area contributed by atoms with Crippen molar-refractivity contribution in [1.82, 2.24) is 14.8 Å². The van der Waals surface area contributed by atoms with Crippen LogP contribution in [0.1, 0.15) is 16.1 Å². The summed E-state index contributed by atoms with van der Waals surface area (Å²) >= 11 is 0. The van der Waals surface area contributed by atoms with E-state index in [1.807, 2.05) is 18.2 Å². The van der Waals surface area contributed by atoms with Gasteiger partial charge in [0.15, 0.2) is 0 Å². The Bertz CT molecular complexity index is 902. The number of hydrogen-bond donors (Lipinski definition) is 1. The first-order valence-corrected chi connectivity index (χ1v) is 7.10. The summed E-state index contributed by atoms with van der Waals surface area (Å²) in [5.74, 6) is -0.231. The number of halogens is 3. The highest BCUT2D eigenvalue weighted by atomic mass is 19.4. The lowest BCUT2D eigenvalue weighted by molar-refractivity contribution is -0.142. The monoisotopic (exact) mass is 334 g/mol. The number of para-hydroxylation sites is 1. The highest BCUT2D eigenvalue weighted by Gasteiger charge is 2.30. The molecule has 2 aromatic heterocycles. The van der Waals surface area contributed by atoms with E-state index in [0.29, 0.717) is 11.3 Å². The highest BCUT2D eigenvalue weighted by Crippen LogP contribution is 2.20. The first kappa shape index (κ1) is 16.0. The molecular weight excluding hydrogens is 321 g/mol. The number of alkyl halides is 3. The number of benzene rings is 1. The minimum absolute atomic E-state index is 0.0780. The smallest absolute Gasteiger partial charge is 0.306 e. The van der Waals surface area contributed by atoms with E-state index in [9.17, 15) is 18.0 Å². The molecule has 0 fully saturated rings. The summed E-state index contributed by atoms with van der Waals surface area (Å²) < 4.78 is 38.1. The van der Waals surface area contributed by atoms with E-state index < -0.39 is 18.6 Å². The third kappa shape index (κ3) is 3.37. The molecule has 0 saturated heterocycles. The molecule has 1 N–H and O–H groups in total. The van der Waals surface area contributed by atoms with Crippen LogP contribution in [0.25, 0.3) is 10.9 Å². The summed E-state index contributed by atoms with van der Waals surface area (Å²) in [4.78, 5) is 16.6. The predicted molar refractivity (Wildman–Crippen MR) is 82.7 cm³/mol. The average Bonchev–Trinajstić information content (AvgIpc) is 2.86. The van der Waals surface area contributed by atoms with E-state index in [-0.39, 0.29) is 11.3 Å². The van der Waals surface area contributed by atoms with E-state index in [0.717, 1.165) is 16.3 Å². The second-order valence-corrected chi connectivity index (χ2v) is 5.26. The molecule has 0 bridgehead atoms. The number of hydrogen-bond acceptors (Lipinski definition) is 3. The first-order valence-electron chi connectivity index (χ1n) is 7.10. The quantitative estimate of drug-likeness (QED) is 0.797. The molecule has 0 radical (unpaired) electrons. The third-order valence-corrected chi connectivity index (χ3v) is 3.52. The number of fused-ring (bicyclic) bond motifs is 1. The minimum atomic E-state index is -4.40. The number of carbonyl (C=O) groups is 1. The Kier molecular flexibility index (Phi) is 3.96.